The van der Waals surface area contributed by atoms with Crippen LogP contribution in [0, 0.1) is 0 Å². The molecule has 2 amide bonds. The van der Waals surface area contributed by atoms with Crippen molar-refractivity contribution in [1.82, 2.24) is 9.88 Å². The number of furan rings is 1. The summed E-state index contributed by atoms with van der Waals surface area (Å²) in [6, 6.07) is 11.8. The standard InChI is InChI=1S/C25H29N3O3/c1-3-17-9-11-19(12-10-17)28-23(29)21-15-22-20(13-14-31-22)27(21)16-25(28,2)24(30)26-18-7-5-4-6-8-18/h9-15,18H,3-8,16H2,1-2H3,(H,26,30)/t25-/m1/s1. The number of aryl methyl sites for hydroxylation is 1. The van der Waals surface area contributed by atoms with Crippen LogP contribution >= 0.6 is 0 Å². The fourth-order valence-electron chi connectivity index (χ4n) is 5.09. The van der Waals surface area contributed by atoms with Crippen LogP contribution in [-0.2, 0) is 17.8 Å². The van der Waals surface area contributed by atoms with Gasteiger partial charge < -0.3 is 14.3 Å². The molecule has 3 aromatic rings. The van der Waals surface area contributed by atoms with Crippen molar-refractivity contribution in [2.75, 3.05) is 4.90 Å². The highest BCUT2D eigenvalue weighted by Crippen LogP contribution is 2.36. The van der Waals surface area contributed by atoms with Gasteiger partial charge in [0, 0.05) is 23.9 Å². The van der Waals surface area contributed by atoms with Crippen molar-refractivity contribution in [3.05, 3.63) is 53.9 Å². The van der Waals surface area contributed by atoms with E-state index in [1.807, 2.05) is 41.8 Å². The van der Waals surface area contributed by atoms with Gasteiger partial charge >= 0.3 is 0 Å². The van der Waals surface area contributed by atoms with Crippen molar-refractivity contribution >= 4 is 28.6 Å². The third-order valence-corrected chi connectivity index (χ3v) is 6.94. The zero-order valence-electron chi connectivity index (χ0n) is 18.2. The predicted molar refractivity (Wildman–Crippen MR) is 120 cm³/mol. The normalized spacial score (nSPS) is 22.0. The second-order valence-electron chi connectivity index (χ2n) is 9.03. The highest BCUT2D eigenvalue weighted by atomic mass is 16.3. The maximum atomic E-state index is 13.7. The molecule has 0 bridgehead atoms. The van der Waals surface area contributed by atoms with Crippen molar-refractivity contribution < 1.29 is 14.0 Å². The summed E-state index contributed by atoms with van der Waals surface area (Å²) in [5.74, 6) is -0.272. The van der Waals surface area contributed by atoms with Gasteiger partial charge in [-0.1, -0.05) is 38.3 Å². The lowest BCUT2D eigenvalue weighted by atomic mass is 9.91. The molecule has 162 valence electrons. The Hall–Kier alpha value is -3.02. The van der Waals surface area contributed by atoms with E-state index < -0.39 is 5.54 Å². The van der Waals surface area contributed by atoms with Crippen LogP contribution in [0.4, 0.5) is 5.69 Å². The third-order valence-electron chi connectivity index (χ3n) is 6.94. The quantitative estimate of drug-likeness (QED) is 0.669. The molecule has 0 saturated heterocycles. The molecule has 1 aromatic carbocycles. The van der Waals surface area contributed by atoms with E-state index in [4.69, 9.17) is 4.42 Å². The number of nitrogens with zero attached hydrogens (tertiary/aromatic N) is 2. The molecule has 31 heavy (non-hydrogen) atoms. The van der Waals surface area contributed by atoms with Crippen molar-refractivity contribution in [1.29, 1.82) is 0 Å². The summed E-state index contributed by atoms with van der Waals surface area (Å²) in [4.78, 5) is 29.1. The zero-order valence-corrected chi connectivity index (χ0v) is 18.2. The van der Waals surface area contributed by atoms with E-state index in [1.165, 1.54) is 12.0 Å². The Morgan fingerprint density at radius 1 is 1.16 bits per heavy atom. The highest BCUT2D eigenvalue weighted by molar-refractivity contribution is 6.13. The van der Waals surface area contributed by atoms with Crippen molar-refractivity contribution in [2.45, 2.75) is 70.5 Å². The van der Waals surface area contributed by atoms with E-state index in [2.05, 4.69) is 12.2 Å². The van der Waals surface area contributed by atoms with Crippen LogP contribution in [0.3, 0.4) is 0 Å². The van der Waals surface area contributed by atoms with Gasteiger partial charge in [0.1, 0.15) is 11.2 Å². The molecule has 0 unspecified atom stereocenters. The van der Waals surface area contributed by atoms with Gasteiger partial charge in [0.05, 0.1) is 18.3 Å². The van der Waals surface area contributed by atoms with Gasteiger partial charge in [-0.3, -0.25) is 14.5 Å². The fraction of sp³-hybridized carbons (Fsp3) is 0.440. The summed E-state index contributed by atoms with van der Waals surface area (Å²) in [6.07, 6.45) is 8.05. The molecular formula is C25H29N3O3. The molecule has 1 aliphatic carbocycles. The number of carbonyl (C=O) groups excluding carboxylic acids is 2. The number of fused-ring (bicyclic) bond motifs is 3. The first-order valence-electron chi connectivity index (χ1n) is 11.3. The van der Waals surface area contributed by atoms with Crippen LogP contribution < -0.4 is 10.2 Å². The predicted octanol–water partition coefficient (Wildman–Crippen LogP) is 4.66. The van der Waals surface area contributed by atoms with Crippen LogP contribution in [0.2, 0.25) is 0 Å². The topological polar surface area (TPSA) is 67.5 Å². The number of nitrogens with one attached hydrogen (secondary N) is 1. The van der Waals surface area contributed by atoms with Crippen molar-refractivity contribution in [3.8, 4) is 0 Å². The van der Waals surface area contributed by atoms with Gasteiger partial charge in [-0.2, -0.15) is 0 Å². The first-order valence-corrected chi connectivity index (χ1v) is 11.3. The lowest BCUT2D eigenvalue weighted by Crippen LogP contribution is -2.65. The number of carbonyl (C=O) groups is 2. The van der Waals surface area contributed by atoms with Crippen LogP contribution in [0.25, 0.3) is 11.1 Å². The maximum absolute atomic E-state index is 13.7. The number of rotatable bonds is 4. The average Bonchev–Trinajstić information content (AvgIpc) is 3.37. The molecule has 2 aromatic heterocycles. The highest BCUT2D eigenvalue weighted by Gasteiger charge is 2.49. The van der Waals surface area contributed by atoms with Crippen LogP contribution in [0.1, 0.15) is 62.0 Å². The minimum absolute atomic E-state index is 0.0942. The molecule has 2 aliphatic rings. The number of benzene rings is 1. The number of amides is 2. The van der Waals surface area contributed by atoms with Gasteiger partial charge in [0.2, 0.25) is 5.91 Å². The molecule has 1 N–H and O–H groups in total. The zero-order chi connectivity index (χ0) is 21.6. The molecule has 6 heteroatoms. The molecular weight excluding hydrogens is 390 g/mol. The number of anilines is 1. The lowest BCUT2D eigenvalue weighted by Gasteiger charge is -2.44. The Morgan fingerprint density at radius 3 is 2.61 bits per heavy atom. The molecule has 0 spiro atoms. The maximum Gasteiger partial charge on any atom is 0.276 e. The van der Waals surface area contributed by atoms with Crippen LogP contribution in [0.5, 0.6) is 0 Å². The Labute approximate surface area is 182 Å². The number of hydrogen-bond donors (Lipinski definition) is 1. The molecule has 3 heterocycles. The van der Waals surface area contributed by atoms with E-state index in [0.29, 0.717) is 17.8 Å². The minimum atomic E-state index is -1.04. The smallest absolute Gasteiger partial charge is 0.276 e. The van der Waals surface area contributed by atoms with E-state index in [0.717, 1.165) is 43.3 Å². The Kier molecular flexibility index (Phi) is 4.88. The summed E-state index contributed by atoms with van der Waals surface area (Å²) in [7, 11) is 0. The van der Waals surface area contributed by atoms with Crippen LogP contribution in [-0.4, -0.2) is 28.0 Å². The largest absolute Gasteiger partial charge is 0.463 e. The van der Waals surface area contributed by atoms with Gasteiger partial charge in [-0.05, 0) is 43.9 Å². The van der Waals surface area contributed by atoms with Gasteiger partial charge in [0.15, 0.2) is 5.58 Å². The molecule has 5 rings (SSSR count). The van der Waals surface area contributed by atoms with E-state index in [1.54, 1.807) is 17.2 Å². The van der Waals surface area contributed by atoms with E-state index in [9.17, 15) is 9.59 Å². The number of hydrogen-bond acceptors (Lipinski definition) is 3. The summed E-state index contributed by atoms with van der Waals surface area (Å²) < 4.78 is 7.48. The molecule has 1 aliphatic heterocycles. The minimum Gasteiger partial charge on any atom is -0.463 e. The molecule has 0 radical (unpaired) electrons. The van der Waals surface area contributed by atoms with Crippen molar-refractivity contribution in [3.63, 3.8) is 0 Å². The Morgan fingerprint density at radius 2 is 1.90 bits per heavy atom. The molecule has 6 nitrogen and oxygen atoms in total. The number of aromatic nitrogens is 1. The average molecular weight is 420 g/mol. The molecule has 1 saturated carbocycles. The van der Waals surface area contributed by atoms with Crippen LogP contribution in [0.15, 0.2) is 47.1 Å². The SMILES string of the molecule is CCc1ccc(N2C(=O)c3cc4occc4n3C[C@]2(C)C(=O)NC2CCCCC2)cc1. The first-order chi connectivity index (χ1) is 15.0. The summed E-state index contributed by atoms with van der Waals surface area (Å²) in [5, 5.41) is 3.27. The summed E-state index contributed by atoms with van der Waals surface area (Å²) in [5.41, 5.74) is 2.97. The monoisotopic (exact) mass is 419 g/mol. The fourth-order valence-corrected chi connectivity index (χ4v) is 5.09. The summed E-state index contributed by atoms with van der Waals surface area (Å²) in [6.45, 7) is 4.36. The van der Waals surface area contributed by atoms with E-state index >= 15 is 0 Å². The third kappa shape index (κ3) is 3.25. The van der Waals surface area contributed by atoms with Gasteiger partial charge in [-0.25, -0.2) is 0 Å². The first kappa shape index (κ1) is 19.9. The van der Waals surface area contributed by atoms with Gasteiger partial charge in [0.25, 0.3) is 5.91 Å². The Balaban J connectivity index is 1.58. The second-order valence-corrected chi connectivity index (χ2v) is 9.03. The Bertz CT molecular complexity index is 1120. The lowest BCUT2D eigenvalue weighted by molar-refractivity contribution is -0.127. The molecule has 1 atom stereocenters. The molecule has 1 fully saturated rings. The van der Waals surface area contributed by atoms with Crippen molar-refractivity contribution in [2.24, 2.45) is 0 Å². The van der Waals surface area contributed by atoms with E-state index in [-0.39, 0.29) is 17.9 Å². The van der Waals surface area contributed by atoms with Gasteiger partial charge in [-0.15, -0.1) is 0 Å². The second kappa shape index (κ2) is 7.59. The summed E-state index contributed by atoms with van der Waals surface area (Å²) >= 11 is 0.